The van der Waals surface area contributed by atoms with Crippen molar-refractivity contribution in [3.05, 3.63) is 87.2 Å². The van der Waals surface area contributed by atoms with E-state index < -0.39 is 0 Å². The third kappa shape index (κ3) is 4.83. The second-order valence-electron chi connectivity index (χ2n) is 6.61. The van der Waals surface area contributed by atoms with Gasteiger partial charge in [-0.05, 0) is 73.9 Å². The zero-order valence-corrected chi connectivity index (χ0v) is 16.9. The van der Waals surface area contributed by atoms with Gasteiger partial charge in [-0.15, -0.1) is 0 Å². The highest BCUT2D eigenvalue weighted by molar-refractivity contribution is 8.06. The van der Waals surface area contributed by atoms with Crippen molar-refractivity contribution >= 4 is 28.7 Å². The number of aryl methyl sites for hydroxylation is 2. The van der Waals surface area contributed by atoms with Crippen molar-refractivity contribution in [3.63, 3.8) is 0 Å². The van der Waals surface area contributed by atoms with Crippen molar-refractivity contribution in [2.24, 2.45) is 0 Å². The van der Waals surface area contributed by atoms with Crippen LogP contribution in [0.2, 0.25) is 0 Å². The van der Waals surface area contributed by atoms with Gasteiger partial charge in [0, 0.05) is 21.8 Å². The van der Waals surface area contributed by atoms with Crippen LogP contribution in [0, 0.1) is 13.8 Å². The second kappa shape index (κ2) is 8.81. The van der Waals surface area contributed by atoms with E-state index in [1.165, 1.54) is 16.7 Å². The summed E-state index contributed by atoms with van der Waals surface area (Å²) in [6.45, 7) is 12.6. The fourth-order valence-corrected chi connectivity index (χ4v) is 3.66. The van der Waals surface area contributed by atoms with E-state index in [0.717, 1.165) is 39.4 Å². The van der Waals surface area contributed by atoms with Crippen LogP contribution in [0.15, 0.2) is 64.9 Å². The van der Waals surface area contributed by atoms with Crippen LogP contribution in [0.4, 0.5) is 11.4 Å². The molecular formula is C23H28N2S. The third-order valence-electron chi connectivity index (χ3n) is 4.44. The lowest BCUT2D eigenvalue weighted by Gasteiger charge is -2.13. The average molecular weight is 365 g/mol. The predicted molar refractivity (Wildman–Crippen MR) is 119 cm³/mol. The molecule has 0 unspecified atom stereocenters. The quantitative estimate of drug-likeness (QED) is 0.469. The molecule has 0 spiro atoms. The Morgan fingerprint density at radius 1 is 1.08 bits per heavy atom. The Labute approximate surface area is 161 Å². The summed E-state index contributed by atoms with van der Waals surface area (Å²) in [5, 5.41) is 2.18. The summed E-state index contributed by atoms with van der Waals surface area (Å²) < 4.78 is 0. The average Bonchev–Trinajstić information content (AvgIpc) is 2.60. The molecule has 2 nitrogen and oxygen atoms in total. The number of para-hydroxylation sites is 1. The summed E-state index contributed by atoms with van der Waals surface area (Å²) in [7, 11) is 0. The van der Waals surface area contributed by atoms with Crippen LogP contribution in [-0.4, -0.2) is 0 Å². The van der Waals surface area contributed by atoms with Gasteiger partial charge >= 0.3 is 0 Å². The molecule has 0 saturated heterocycles. The molecule has 0 atom stereocenters. The highest BCUT2D eigenvalue weighted by atomic mass is 32.2. The van der Waals surface area contributed by atoms with Crippen molar-refractivity contribution in [3.8, 4) is 0 Å². The van der Waals surface area contributed by atoms with E-state index in [4.69, 9.17) is 11.5 Å². The Bertz CT molecular complexity index is 876. The molecule has 0 bridgehead atoms. The van der Waals surface area contributed by atoms with Crippen LogP contribution in [0.5, 0.6) is 0 Å². The zero-order valence-electron chi connectivity index (χ0n) is 16.1. The molecule has 3 heteroatoms. The summed E-state index contributed by atoms with van der Waals surface area (Å²) >= 11 is 1.65. The van der Waals surface area contributed by atoms with Crippen LogP contribution in [0.3, 0.4) is 0 Å². The molecule has 0 radical (unpaired) electrons. The standard InChI is InChI=1S/C23H28N2S/c1-6-20(21-9-7-8-10-22(21)24)18(5)26-14-15(2)11-19-12-17(4)23(25)13-16(19)3/h6-10,12-14H,5,11,24-25H2,1-4H3/b15-14+,20-6-. The smallest absolute Gasteiger partial charge is 0.0393 e. The molecule has 0 fully saturated rings. The number of benzene rings is 2. The number of allylic oxidation sites excluding steroid dienone is 3. The minimum absolute atomic E-state index is 0.774. The van der Waals surface area contributed by atoms with E-state index in [2.05, 4.69) is 51.0 Å². The fraction of sp³-hybridized carbons (Fsp3) is 0.217. The molecule has 2 aromatic rings. The number of rotatable bonds is 6. The molecule has 0 aliphatic rings. The predicted octanol–water partition coefficient (Wildman–Crippen LogP) is 6.26. The monoisotopic (exact) mass is 364 g/mol. The van der Waals surface area contributed by atoms with Crippen molar-refractivity contribution in [1.82, 2.24) is 0 Å². The lowest BCUT2D eigenvalue weighted by molar-refractivity contribution is 1.11. The highest BCUT2D eigenvalue weighted by Crippen LogP contribution is 2.34. The van der Waals surface area contributed by atoms with Crippen molar-refractivity contribution in [2.75, 3.05) is 11.5 Å². The molecule has 0 amide bonds. The van der Waals surface area contributed by atoms with Crippen LogP contribution in [0.1, 0.15) is 36.1 Å². The molecule has 26 heavy (non-hydrogen) atoms. The van der Waals surface area contributed by atoms with Crippen LogP contribution in [0.25, 0.3) is 5.57 Å². The van der Waals surface area contributed by atoms with Gasteiger partial charge in [-0.3, -0.25) is 0 Å². The van der Waals surface area contributed by atoms with Crippen molar-refractivity contribution < 1.29 is 0 Å². The maximum Gasteiger partial charge on any atom is 0.0393 e. The lowest BCUT2D eigenvalue weighted by Crippen LogP contribution is -1.97. The van der Waals surface area contributed by atoms with Gasteiger partial charge < -0.3 is 11.5 Å². The summed E-state index contributed by atoms with van der Waals surface area (Å²) in [5.41, 5.74) is 20.8. The molecule has 2 aromatic carbocycles. The van der Waals surface area contributed by atoms with Gasteiger partial charge in [0.05, 0.1) is 0 Å². The Balaban J connectivity index is 2.12. The maximum absolute atomic E-state index is 6.12. The van der Waals surface area contributed by atoms with Gasteiger partial charge in [-0.2, -0.15) is 0 Å². The minimum atomic E-state index is 0.774. The molecule has 136 valence electrons. The Kier molecular flexibility index (Phi) is 6.76. The van der Waals surface area contributed by atoms with Gasteiger partial charge in [-0.1, -0.05) is 54.3 Å². The highest BCUT2D eigenvalue weighted by Gasteiger charge is 2.09. The lowest BCUT2D eigenvalue weighted by atomic mass is 9.99. The first kappa shape index (κ1) is 19.9. The maximum atomic E-state index is 6.12. The first-order valence-electron chi connectivity index (χ1n) is 8.71. The molecule has 2 rings (SSSR count). The number of hydrogen-bond donors (Lipinski definition) is 2. The van der Waals surface area contributed by atoms with E-state index in [9.17, 15) is 0 Å². The van der Waals surface area contributed by atoms with Crippen molar-refractivity contribution in [1.29, 1.82) is 0 Å². The summed E-state index contributed by atoms with van der Waals surface area (Å²) in [4.78, 5) is 0.995. The Morgan fingerprint density at radius 2 is 1.77 bits per heavy atom. The molecule has 4 N–H and O–H groups in total. The Morgan fingerprint density at radius 3 is 2.42 bits per heavy atom. The summed E-state index contributed by atoms with van der Waals surface area (Å²) in [6.07, 6.45) is 2.98. The zero-order chi connectivity index (χ0) is 19.3. The molecule has 0 saturated carbocycles. The van der Waals surface area contributed by atoms with Gasteiger partial charge in [0.15, 0.2) is 0 Å². The SMILES string of the molecule is C=C(S/C=C(\C)Cc1cc(C)c(N)cc1C)/C(=C/C)c1ccccc1N. The van der Waals surface area contributed by atoms with E-state index in [1.807, 2.05) is 31.2 Å². The fourth-order valence-electron chi connectivity index (χ4n) is 2.88. The van der Waals surface area contributed by atoms with E-state index in [1.54, 1.807) is 11.8 Å². The number of anilines is 2. The topological polar surface area (TPSA) is 52.0 Å². The van der Waals surface area contributed by atoms with Crippen LogP contribution >= 0.6 is 11.8 Å². The van der Waals surface area contributed by atoms with Crippen LogP contribution < -0.4 is 11.5 Å². The molecule has 0 heterocycles. The molecule has 0 aromatic heterocycles. The normalized spacial score (nSPS) is 12.3. The number of thioether (sulfide) groups is 1. The summed E-state index contributed by atoms with van der Waals surface area (Å²) in [6, 6.07) is 12.1. The van der Waals surface area contributed by atoms with Crippen LogP contribution in [-0.2, 0) is 6.42 Å². The minimum Gasteiger partial charge on any atom is -0.399 e. The van der Waals surface area contributed by atoms with Gasteiger partial charge in [0.1, 0.15) is 0 Å². The van der Waals surface area contributed by atoms with E-state index in [0.29, 0.717) is 0 Å². The number of nitrogens with two attached hydrogens (primary N) is 2. The second-order valence-corrected chi connectivity index (χ2v) is 7.57. The molecular weight excluding hydrogens is 336 g/mol. The van der Waals surface area contributed by atoms with Gasteiger partial charge in [0.2, 0.25) is 0 Å². The Hall–Kier alpha value is -2.39. The largest absolute Gasteiger partial charge is 0.399 e. The summed E-state index contributed by atoms with van der Waals surface area (Å²) in [5.74, 6) is 0. The van der Waals surface area contributed by atoms with Gasteiger partial charge in [-0.25, -0.2) is 0 Å². The first-order valence-corrected chi connectivity index (χ1v) is 9.59. The van der Waals surface area contributed by atoms with Gasteiger partial charge in [0.25, 0.3) is 0 Å². The van der Waals surface area contributed by atoms with E-state index >= 15 is 0 Å². The van der Waals surface area contributed by atoms with E-state index in [-0.39, 0.29) is 0 Å². The molecule has 0 aliphatic carbocycles. The first-order chi connectivity index (χ1) is 12.3. The third-order valence-corrected chi connectivity index (χ3v) is 5.46. The number of nitrogen functional groups attached to an aromatic ring is 2. The molecule has 0 aliphatic heterocycles. The van der Waals surface area contributed by atoms with Crippen molar-refractivity contribution in [2.45, 2.75) is 34.1 Å². The number of hydrogen-bond acceptors (Lipinski definition) is 3.